The van der Waals surface area contributed by atoms with E-state index < -0.39 is 6.26 Å². The Morgan fingerprint density at radius 3 is 1.50 bits per heavy atom. The van der Waals surface area contributed by atoms with Crippen LogP contribution in [0.5, 0.6) is 0 Å². The minimum atomic E-state index is -2.02. The molecule has 0 bridgehead atoms. The van der Waals surface area contributed by atoms with E-state index in [9.17, 15) is 4.89 Å². The first-order valence-electron chi connectivity index (χ1n) is 2.55. The highest BCUT2D eigenvalue weighted by Gasteiger charge is 2.23. The fourth-order valence-corrected chi connectivity index (χ4v) is 0. The van der Waals surface area contributed by atoms with Crippen LogP contribution in [-0.4, -0.2) is 16.7 Å². The Morgan fingerprint density at radius 2 is 1.50 bits per heavy atom. The van der Waals surface area contributed by atoms with Gasteiger partial charge in [-0.2, -0.15) is 0 Å². The first-order valence-corrected chi connectivity index (χ1v) is 5.76. The summed E-state index contributed by atoms with van der Waals surface area (Å²) in [7, 11) is 0. The normalized spacial score (nSPS) is 20.1. The van der Waals surface area contributed by atoms with E-state index in [1.54, 1.807) is 6.66 Å². The van der Waals surface area contributed by atoms with Gasteiger partial charge >= 0.3 is 0 Å². The summed E-state index contributed by atoms with van der Waals surface area (Å²) in [6.45, 7) is 7.65. The monoisotopic (exact) mass is 152 g/mol. The molecule has 0 aliphatic heterocycles. The molecule has 50 valence electrons. The highest BCUT2D eigenvalue weighted by molar-refractivity contribution is 8.12. The van der Waals surface area contributed by atoms with Gasteiger partial charge in [0.15, 0.2) is 0 Å². The van der Waals surface area contributed by atoms with Crippen LogP contribution in [0.25, 0.3) is 0 Å². The van der Waals surface area contributed by atoms with Crippen molar-refractivity contribution in [3.8, 4) is 0 Å². The number of hydrogen-bond donors (Lipinski definition) is 1. The first-order chi connectivity index (χ1) is 3.25. The predicted octanol–water partition coefficient (Wildman–Crippen LogP) is 1.80. The van der Waals surface area contributed by atoms with Crippen LogP contribution in [0.2, 0.25) is 0 Å². The quantitative estimate of drug-likeness (QED) is 0.534. The van der Waals surface area contributed by atoms with Crippen LogP contribution in [-0.2, 0) is 11.8 Å². The molecule has 8 heavy (non-hydrogen) atoms. The molecule has 0 aliphatic carbocycles. The van der Waals surface area contributed by atoms with Gasteiger partial charge in [0.05, 0.1) is 6.26 Å². The van der Waals surface area contributed by atoms with Crippen molar-refractivity contribution in [2.45, 2.75) is 25.9 Å². The molecule has 0 aromatic carbocycles. The van der Waals surface area contributed by atoms with Gasteiger partial charge < -0.3 is 4.89 Å². The average molecular weight is 152 g/mol. The zero-order chi connectivity index (χ0) is 7.00. The molecule has 0 aromatic rings. The smallest absolute Gasteiger partial charge is 0.0657 e. The predicted molar refractivity (Wildman–Crippen MR) is 42.2 cm³/mol. The van der Waals surface area contributed by atoms with Crippen LogP contribution in [0, 0.1) is 0 Å². The third kappa shape index (κ3) is 2.25. The van der Waals surface area contributed by atoms with Crippen LogP contribution in [0.4, 0.5) is 0 Å². The van der Waals surface area contributed by atoms with Gasteiger partial charge in [-0.1, -0.05) is 32.6 Å². The third-order valence-corrected chi connectivity index (χ3v) is 5.38. The van der Waals surface area contributed by atoms with Gasteiger partial charge in [0.25, 0.3) is 0 Å². The van der Waals surface area contributed by atoms with Gasteiger partial charge in [-0.05, 0) is 6.66 Å². The fourth-order valence-electron chi connectivity index (χ4n) is 0. The average Bonchev–Trinajstić information content (AvgIpc) is 1.25. The molecule has 1 nitrogen and oxygen atoms in total. The zero-order valence-corrected chi connectivity index (χ0v) is 7.51. The SMILES string of the molecule is CC(C)(C)P(C)(O)=S. The first kappa shape index (κ1) is 8.61. The van der Waals surface area contributed by atoms with Gasteiger partial charge in [-0.25, -0.2) is 0 Å². The van der Waals surface area contributed by atoms with E-state index in [0.29, 0.717) is 0 Å². The van der Waals surface area contributed by atoms with E-state index >= 15 is 0 Å². The van der Waals surface area contributed by atoms with E-state index in [0.717, 1.165) is 0 Å². The van der Waals surface area contributed by atoms with E-state index in [1.165, 1.54) is 0 Å². The summed E-state index contributed by atoms with van der Waals surface area (Å²) in [6.07, 6.45) is -2.02. The Balaban J connectivity index is 4.26. The Kier molecular flexibility index (Phi) is 2.25. The summed E-state index contributed by atoms with van der Waals surface area (Å²) in [5, 5.41) is -0.0810. The Bertz CT molecular complexity index is 119. The molecule has 1 atom stereocenters. The van der Waals surface area contributed by atoms with Crippen molar-refractivity contribution < 1.29 is 4.89 Å². The fraction of sp³-hybridized carbons (Fsp3) is 1.00. The summed E-state index contributed by atoms with van der Waals surface area (Å²) < 4.78 is 0. The highest BCUT2D eigenvalue weighted by Crippen LogP contribution is 2.50. The largest absolute Gasteiger partial charge is 0.365 e. The van der Waals surface area contributed by atoms with Crippen LogP contribution >= 0.6 is 6.26 Å². The summed E-state index contributed by atoms with van der Waals surface area (Å²) in [5.41, 5.74) is 0. The lowest BCUT2D eigenvalue weighted by molar-refractivity contribution is 0.581. The van der Waals surface area contributed by atoms with Crippen LogP contribution in [0.15, 0.2) is 0 Å². The number of rotatable bonds is 0. The number of hydrogen-bond acceptors (Lipinski definition) is 1. The Labute approximate surface area is 56.2 Å². The lowest BCUT2D eigenvalue weighted by atomic mass is 10.3. The van der Waals surface area contributed by atoms with Gasteiger partial charge in [0.1, 0.15) is 0 Å². The second kappa shape index (κ2) is 2.09. The molecule has 0 fully saturated rings. The van der Waals surface area contributed by atoms with E-state index in [4.69, 9.17) is 11.8 Å². The standard InChI is InChI=1S/C5H13OPS/c1-5(2,3)7(4,6)8/h1-4H3,(H,6,8). The van der Waals surface area contributed by atoms with Crippen molar-refractivity contribution in [1.29, 1.82) is 0 Å². The third-order valence-electron chi connectivity index (χ3n) is 1.24. The molecular weight excluding hydrogens is 139 g/mol. The summed E-state index contributed by atoms with van der Waals surface area (Å²) >= 11 is 4.89. The molecule has 0 spiro atoms. The molecule has 0 aliphatic rings. The summed E-state index contributed by atoms with van der Waals surface area (Å²) in [6, 6.07) is 0. The van der Waals surface area contributed by atoms with Gasteiger partial charge in [-0.15, -0.1) is 0 Å². The zero-order valence-electron chi connectivity index (χ0n) is 5.80. The van der Waals surface area contributed by atoms with E-state index in [-0.39, 0.29) is 5.16 Å². The minimum Gasteiger partial charge on any atom is -0.365 e. The topological polar surface area (TPSA) is 20.2 Å². The summed E-state index contributed by atoms with van der Waals surface area (Å²) in [4.78, 5) is 9.28. The highest BCUT2D eigenvalue weighted by atomic mass is 32.4. The van der Waals surface area contributed by atoms with Crippen LogP contribution in [0.3, 0.4) is 0 Å². The van der Waals surface area contributed by atoms with Gasteiger partial charge in [-0.3, -0.25) is 0 Å². The molecule has 0 amide bonds. The maximum atomic E-state index is 9.28. The second-order valence-corrected chi connectivity index (χ2v) is 8.28. The van der Waals surface area contributed by atoms with Crippen molar-refractivity contribution in [3.05, 3.63) is 0 Å². The molecule has 0 aromatic heterocycles. The van der Waals surface area contributed by atoms with Crippen molar-refractivity contribution in [2.24, 2.45) is 0 Å². The molecule has 0 rings (SSSR count). The minimum absolute atomic E-state index is 0.0810. The van der Waals surface area contributed by atoms with Crippen LogP contribution in [0.1, 0.15) is 20.8 Å². The van der Waals surface area contributed by atoms with Gasteiger partial charge in [0, 0.05) is 5.16 Å². The lowest BCUT2D eigenvalue weighted by Crippen LogP contribution is -2.12. The molecule has 0 heterocycles. The molecule has 1 unspecified atom stereocenters. The molecule has 3 heteroatoms. The van der Waals surface area contributed by atoms with Gasteiger partial charge in [0.2, 0.25) is 0 Å². The van der Waals surface area contributed by atoms with E-state index in [1.807, 2.05) is 20.8 Å². The summed E-state index contributed by atoms with van der Waals surface area (Å²) in [5.74, 6) is 0. The molecule has 0 saturated heterocycles. The lowest BCUT2D eigenvalue weighted by Gasteiger charge is -2.25. The molecule has 0 saturated carbocycles. The van der Waals surface area contributed by atoms with Crippen molar-refractivity contribution in [3.63, 3.8) is 0 Å². The Morgan fingerprint density at radius 1 is 1.38 bits per heavy atom. The molecule has 0 radical (unpaired) electrons. The maximum Gasteiger partial charge on any atom is 0.0657 e. The van der Waals surface area contributed by atoms with Crippen molar-refractivity contribution >= 4 is 18.1 Å². The van der Waals surface area contributed by atoms with E-state index in [2.05, 4.69) is 0 Å². The molecular formula is C5H13OPS. The van der Waals surface area contributed by atoms with Crippen molar-refractivity contribution in [1.82, 2.24) is 0 Å². The van der Waals surface area contributed by atoms with Crippen LogP contribution < -0.4 is 0 Å². The maximum absolute atomic E-state index is 9.28. The van der Waals surface area contributed by atoms with Crippen molar-refractivity contribution in [2.75, 3.05) is 6.66 Å². The second-order valence-electron chi connectivity index (χ2n) is 3.05. The molecule has 1 N–H and O–H groups in total. The Hall–Kier alpha value is 0.610.